The summed E-state index contributed by atoms with van der Waals surface area (Å²) >= 11 is 2.73. The second-order valence-corrected chi connectivity index (χ2v) is 6.73. The molecule has 2 heterocycles. The summed E-state index contributed by atoms with van der Waals surface area (Å²) in [4.78, 5) is 23.4. The summed E-state index contributed by atoms with van der Waals surface area (Å²) in [7, 11) is 0. The van der Waals surface area contributed by atoms with E-state index in [1.165, 1.54) is 35.2 Å². The lowest BCUT2D eigenvalue weighted by molar-refractivity contribution is -0.122. The van der Waals surface area contributed by atoms with Crippen LogP contribution in [0, 0.1) is 12.7 Å². The van der Waals surface area contributed by atoms with Gasteiger partial charge >= 0.3 is 0 Å². The molecule has 1 aliphatic heterocycles. The minimum absolute atomic E-state index is 0.117. The number of aliphatic imine (C=N–C) groups is 1. The monoisotopic (exact) mass is 347 g/mol. The molecule has 1 aromatic carbocycles. The van der Waals surface area contributed by atoms with Gasteiger partial charge in [0.05, 0.1) is 10.6 Å². The molecular weight excluding hydrogens is 333 g/mol. The van der Waals surface area contributed by atoms with E-state index in [4.69, 9.17) is 0 Å². The molecule has 0 N–H and O–H groups in total. The Hall–Kier alpha value is -1.99. The second kappa shape index (κ2) is 6.64. The fourth-order valence-corrected chi connectivity index (χ4v) is 3.86. The van der Waals surface area contributed by atoms with Crippen LogP contribution >= 0.6 is 23.1 Å². The molecule has 0 saturated carbocycles. The zero-order valence-corrected chi connectivity index (χ0v) is 14.2. The molecule has 7 heteroatoms. The summed E-state index contributed by atoms with van der Waals surface area (Å²) in [5.74, 6) is -0.442. The first-order chi connectivity index (χ1) is 11.1. The van der Waals surface area contributed by atoms with Gasteiger partial charge in [-0.15, -0.1) is 11.3 Å². The molecule has 0 spiro atoms. The Morgan fingerprint density at radius 1 is 1.43 bits per heavy atom. The third-order valence-corrected chi connectivity index (χ3v) is 5.01. The van der Waals surface area contributed by atoms with Gasteiger partial charge in [-0.2, -0.15) is 4.99 Å². The lowest BCUT2D eigenvalue weighted by atomic mass is 10.2. The summed E-state index contributed by atoms with van der Waals surface area (Å²) in [6.45, 7) is 4.32. The van der Waals surface area contributed by atoms with Crippen molar-refractivity contribution in [2.24, 2.45) is 4.99 Å². The van der Waals surface area contributed by atoms with Gasteiger partial charge in [0.2, 0.25) is 5.13 Å². The van der Waals surface area contributed by atoms with Crippen LogP contribution in [0.4, 0.5) is 9.52 Å². The van der Waals surface area contributed by atoms with Crippen LogP contribution in [0.2, 0.25) is 0 Å². The van der Waals surface area contributed by atoms with Crippen molar-refractivity contribution >= 4 is 45.4 Å². The van der Waals surface area contributed by atoms with Crippen LogP contribution in [0.3, 0.4) is 0 Å². The number of amides is 1. The highest BCUT2D eigenvalue weighted by Crippen LogP contribution is 2.34. The zero-order valence-electron chi connectivity index (χ0n) is 12.6. The van der Waals surface area contributed by atoms with Crippen molar-refractivity contribution < 1.29 is 9.18 Å². The number of hydrogen-bond donors (Lipinski definition) is 0. The minimum atomic E-state index is -0.325. The van der Waals surface area contributed by atoms with Gasteiger partial charge in [0.15, 0.2) is 5.17 Å². The number of amidine groups is 1. The first-order valence-electron chi connectivity index (χ1n) is 7.04. The van der Waals surface area contributed by atoms with E-state index in [0.717, 1.165) is 5.69 Å². The highest BCUT2D eigenvalue weighted by atomic mass is 32.2. The number of hydrogen-bond acceptors (Lipinski definition) is 5. The van der Waals surface area contributed by atoms with Gasteiger partial charge in [0.1, 0.15) is 5.82 Å². The van der Waals surface area contributed by atoms with E-state index < -0.39 is 0 Å². The van der Waals surface area contributed by atoms with Crippen molar-refractivity contribution in [3.8, 4) is 0 Å². The van der Waals surface area contributed by atoms with E-state index >= 15 is 0 Å². The third kappa shape index (κ3) is 3.51. The summed E-state index contributed by atoms with van der Waals surface area (Å²) in [6.07, 6.45) is 1.69. The molecule has 1 fully saturated rings. The van der Waals surface area contributed by atoms with Gasteiger partial charge in [0, 0.05) is 11.9 Å². The number of aryl methyl sites for hydroxylation is 1. The van der Waals surface area contributed by atoms with E-state index in [2.05, 4.69) is 9.98 Å². The number of carbonyl (C=O) groups is 1. The van der Waals surface area contributed by atoms with Gasteiger partial charge < -0.3 is 0 Å². The Morgan fingerprint density at radius 3 is 2.91 bits per heavy atom. The number of thiazole rings is 1. The van der Waals surface area contributed by atoms with Crippen LogP contribution in [0.5, 0.6) is 0 Å². The fraction of sp³-hybridized carbons (Fsp3) is 0.188. The summed E-state index contributed by atoms with van der Waals surface area (Å²) in [6, 6.07) is 6.16. The molecule has 1 aliphatic rings. The number of benzene rings is 1. The average Bonchev–Trinajstić information content (AvgIpc) is 3.04. The van der Waals surface area contributed by atoms with E-state index in [-0.39, 0.29) is 11.7 Å². The number of thioether (sulfide) groups is 1. The summed E-state index contributed by atoms with van der Waals surface area (Å²) in [5.41, 5.74) is 1.56. The fourth-order valence-electron chi connectivity index (χ4n) is 2.09. The molecule has 3 rings (SSSR count). The van der Waals surface area contributed by atoms with Gasteiger partial charge in [0.25, 0.3) is 5.91 Å². The Morgan fingerprint density at radius 2 is 2.26 bits per heavy atom. The van der Waals surface area contributed by atoms with Gasteiger partial charge in [-0.25, -0.2) is 9.37 Å². The van der Waals surface area contributed by atoms with Crippen molar-refractivity contribution in [3.05, 3.63) is 51.6 Å². The van der Waals surface area contributed by atoms with Crippen LogP contribution in [-0.4, -0.2) is 27.5 Å². The zero-order chi connectivity index (χ0) is 16.4. The SMILES string of the molecule is CCN1C(=O)/C(=C/c2cccc(F)c2)S/C1=N/c1nc(C)cs1. The third-order valence-electron chi connectivity index (χ3n) is 3.15. The molecule has 0 radical (unpaired) electrons. The van der Waals surface area contributed by atoms with E-state index in [9.17, 15) is 9.18 Å². The number of carbonyl (C=O) groups excluding carboxylic acids is 1. The highest BCUT2D eigenvalue weighted by molar-refractivity contribution is 8.18. The molecule has 4 nitrogen and oxygen atoms in total. The first kappa shape index (κ1) is 15.9. The lowest BCUT2D eigenvalue weighted by Gasteiger charge is -2.11. The van der Waals surface area contributed by atoms with Crippen molar-refractivity contribution in [1.29, 1.82) is 0 Å². The van der Waals surface area contributed by atoms with Crippen LogP contribution in [0.1, 0.15) is 18.2 Å². The number of likely N-dealkylation sites (N-methyl/N-ethyl adjacent to an activating group) is 1. The number of nitrogens with zero attached hydrogens (tertiary/aromatic N) is 3. The normalized spacial score (nSPS) is 18.4. The van der Waals surface area contributed by atoms with Crippen molar-refractivity contribution in [2.45, 2.75) is 13.8 Å². The molecule has 1 aromatic heterocycles. The van der Waals surface area contributed by atoms with Crippen molar-refractivity contribution in [1.82, 2.24) is 9.88 Å². The predicted molar refractivity (Wildman–Crippen MR) is 93.3 cm³/mol. The molecule has 2 aromatic rings. The number of rotatable bonds is 3. The topological polar surface area (TPSA) is 45.6 Å². The second-order valence-electron chi connectivity index (χ2n) is 4.88. The molecule has 118 valence electrons. The Balaban J connectivity index is 1.93. The molecule has 0 aliphatic carbocycles. The standard InChI is InChI=1S/C16H14FN3OS2/c1-3-20-14(21)13(8-11-5-4-6-12(17)7-11)23-16(20)19-15-18-10(2)9-22-15/h4-9H,3H2,1-2H3/b13-8-,19-16+. The highest BCUT2D eigenvalue weighted by Gasteiger charge is 2.32. The van der Waals surface area contributed by atoms with Gasteiger partial charge in [-0.3, -0.25) is 9.69 Å². The Labute approximate surface area is 141 Å². The maximum Gasteiger partial charge on any atom is 0.266 e. The maximum absolute atomic E-state index is 13.3. The van der Waals surface area contributed by atoms with Crippen molar-refractivity contribution in [2.75, 3.05) is 6.54 Å². The van der Waals surface area contributed by atoms with Crippen molar-refractivity contribution in [3.63, 3.8) is 0 Å². The largest absolute Gasteiger partial charge is 0.287 e. The molecule has 0 atom stereocenters. The van der Waals surface area contributed by atoms with Gasteiger partial charge in [-0.05, 0) is 49.4 Å². The summed E-state index contributed by atoms with van der Waals surface area (Å²) in [5, 5.41) is 3.15. The van der Waals surface area contributed by atoms with Crippen LogP contribution < -0.4 is 0 Å². The maximum atomic E-state index is 13.3. The minimum Gasteiger partial charge on any atom is -0.287 e. The average molecular weight is 347 g/mol. The van der Waals surface area contributed by atoms with E-state index in [0.29, 0.717) is 27.3 Å². The van der Waals surface area contributed by atoms with Crippen LogP contribution in [-0.2, 0) is 4.79 Å². The molecule has 1 amide bonds. The van der Waals surface area contributed by atoms with Crippen LogP contribution in [0.15, 0.2) is 39.5 Å². The molecule has 0 bridgehead atoms. The number of aromatic nitrogens is 1. The number of halogens is 1. The van der Waals surface area contributed by atoms with E-state index in [1.54, 1.807) is 23.1 Å². The smallest absolute Gasteiger partial charge is 0.266 e. The lowest BCUT2D eigenvalue weighted by Crippen LogP contribution is -2.28. The Bertz CT molecular complexity index is 813. The Kier molecular flexibility index (Phi) is 4.58. The van der Waals surface area contributed by atoms with Gasteiger partial charge in [-0.1, -0.05) is 12.1 Å². The molecule has 1 saturated heterocycles. The summed E-state index contributed by atoms with van der Waals surface area (Å²) < 4.78 is 13.3. The molecule has 23 heavy (non-hydrogen) atoms. The van der Waals surface area contributed by atoms with E-state index in [1.807, 2.05) is 19.2 Å². The quantitative estimate of drug-likeness (QED) is 0.781. The molecular formula is C16H14FN3OS2. The molecule has 0 unspecified atom stereocenters. The first-order valence-corrected chi connectivity index (χ1v) is 8.74. The van der Waals surface area contributed by atoms with Crippen LogP contribution in [0.25, 0.3) is 6.08 Å². The predicted octanol–water partition coefficient (Wildman–Crippen LogP) is 4.21.